The van der Waals surface area contributed by atoms with Gasteiger partial charge in [0, 0.05) is 32.7 Å². The third kappa shape index (κ3) is 4.47. The van der Waals surface area contributed by atoms with Gasteiger partial charge >= 0.3 is 0 Å². The number of imide groups is 1. The van der Waals surface area contributed by atoms with Crippen LogP contribution < -0.4 is 4.90 Å². The predicted octanol–water partition coefficient (Wildman–Crippen LogP) is 2.96. The second-order valence-electron chi connectivity index (χ2n) is 7.77. The van der Waals surface area contributed by atoms with Gasteiger partial charge in [0.2, 0.25) is 5.91 Å². The fourth-order valence-corrected chi connectivity index (χ4v) is 4.03. The van der Waals surface area contributed by atoms with Gasteiger partial charge in [-0.3, -0.25) is 19.4 Å². The lowest BCUT2D eigenvalue weighted by atomic mass is 10.1. The van der Waals surface area contributed by atoms with Crippen LogP contribution >= 0.6 is 0 Å². The monoisotopic (exact) mass is 389 g/mol. The van der Waals surface area contributed by atoms with Crippen LogP contribution in [0.15, 0.2) is 60.7 Å². The highest BCUT2D eigenvalue weighted by atomic mass is 16.2. The van der Waals surface area contributed by atoms with Crippen molar-refractivity contribution in [2.24, 2.45) is 0 Å². The minimum Gasteiger partial charge on any atom is -0.297 e. The van der Waals surface area contributed by atoms with E-state index in [0.717, 1.165) is 38.3 Å². The number of anilines is 1. The quantitative estimate of drug-likeness (QED) is 0.738. The summed E-state index contributed by atoms with van der Waals surface area (Å²) < 4.78 is 0. The number of aryl methyl sites for hydroxylation is 1. The third-order valence-electron chi connectivity index (χ3n) is 5.74. The second kappa shape index (κ2) is 8.72. The van der Waals surface area contributed by atoms with E-state index in [2.05, 4.69) is 34.1 Å². The van der Waals surface area contributed by atoms with Gasteiger partial charge in [-0.2, -0.15) is 0 Å². The summed E-state index contributed by atoms with van der Waals surface area (Å²) >= 11 is 0. The highest BCUT2D eigenvalue weighted by Gasteiger charge is 2.43. The molecule has 5 nitrogen and oxygen atoms in total. The second-order valence-corrected chi connectivity index (χ2v) is 7.77. The summed E-state index contributed by atoms with van der Waals surface area (Å²) in [6, 6.07) is 17.5. The van der Waals surface area contributed by atoms with E-state index in [1.165, 1.54) is 10.5 Å². The van der Waals surface area contributed by atoms with Crippen molar-refractivity contribution in [1.29, 1.82) is 0 Å². The van der Waals surface area contributed by atoms with E-state index in [1.807, 2.05) is 49.4 Å². The Morgan fingerprint density at radius 1 is 0.931 bits per heavy atom. The Morgan fingerprint density at radius 2 is 1.62 bits per heavy atom. The topological polar surface area (TPSA) is 43.9 Å². The molecule has 2 amide bonds. The van der Waals surface area contributed by atoms with Crippen LogP contribution in [0.1, 0.15) is 17.5 Å². The van der Waals surface area contributed by atoms with Gasteiger partial charge in [-0.1, -0.05) is 60.2 Å². The largest absolute Gasteiger partial charge is 0.297 e. The van der Waals surface area contributed by atoms with Crippen LogP contribution in [0.25, 0.3) is 6.08 Å². The Balaban J connectivity index is 1.31. The lowest BCUT2D eigenvalue weighted by molar-refractivity contribution is -0.123. The Labute approximate surface area is 172 Å². The van der Waals surface area contributed by atoms with Crippen molar-refractivity contribution in [1.82, 2.24) is 9.80 Å². The highest BCUT2D eigenvalue weighted by Crippen LogP contribution is 2.26. The van der Waals surface area contributed by atoms with Crippen LogP contribution in [-0.4, -0.2) is 60.4 Å². The van der Waals surface area contributed by atoms with Crippen molar-refractivity contribution in [2.45, 2.75) is 19.4 Å². The molecule has 0 bridgehead atoms. The van der Waals surface area contributed by atoms with E-state index >= 15 is 0 Å². The number of benzene rings is 2. The summed E-state index contributed by atoms with van der Waals surface area (Å²) in [5.74, 6) is -0.187. The summed E-state index contributed by atoms with van der Waals surface area (Å²) in [7, 11) is 0. The summed E-state index contributed by atoms with van der Waals surface area (Å²) in [6.07, 6.45) is 4.61. The van der Waals surface area contributed by atoms with Gasteiger partial charge < -0.3 is 0 Å². The van der Waals surface area contributed by atoms with E-state index in [1.54, 1.807) is 0 Å². The highest BCUT2D eigenvalue weighted by molar-refractivity contribution is 6.22. The fraction of sp³-hybridized carbons (Fsp3) is 0.333. The lowest BCUT2D eigenvalue weighted by Crippen LogP contribution is -2.52. The Morgan fingerprint density at radius 3 is 2.31 bits per heavy atom. The molecule has 150 valence electrons. The molecule has 0 spiro atoms. The molecule has 0 aromatic heterocycles. The summed E-state index contributed by atoms with van der Waals surface area (Å²) in [6.45, 7) is 6.32. The maximum Gasteiger partial charge on any atom is 0.251 e. The molecular weight excluding hydrogens is 362 g/mol. The van der Waals surface area contributed by atoms with Crippen molar-refractivity contribution in [3.8, 4) is 0 Å². The number of hydrogen-bond acceptors (Lipinski definition) is 4. The summed E-state index contributed by atoms with van der Waals surface area (Å²) in [4.78, 5) is 31.4. The molecule has 4 rings (SSSR count). The molecule has 2 aromatic carbocycles. The molecule has 2 aromatic rings. The Kier molecular flexibility index (Phi) is 5.88. The molecule has 0 aliphatic carbocycles. The minimum atomic E-state index is -0.328. The molecule has 0 N–H and O–H groups in total. The average Bonchev–Trinajstić information content (AvgIpc) is 3.04. The first kappa shape index (κ1) is 19.6. The maximum absolute atomic E-state index is 12.9. The number of nitrogens with zero attached hydrogens (tertiary/aromatic N) is 3. The fourth-order valence-electron chi connectivity index (χ4n) is 4.03. The van der Waals surface area contributed by atoms with Crippen molar-refractivity contribution >= 4 is 23.6 Å². The number of amides is 2. The van der Waals surface area contributed by atoms with Crippen LogP contribution in [0, 0.1) is 6.92 Å². The summed E-state index contributed by atoms with van der Waals surface area (Å²) in [5, 5.41) is 0. The van der Waals surface area contributed by atoms with Crippen molar-refractivity contribution in [2.75, 3.05) is 37.6 Å². The molecule has 2 heterocycles. The van der Waals surface area contributed by atoms with Crippen LogP contribution in [0.2, 0.25) is 0 Å². The van der Waals surface area contributed by atoms with Gasteiger partial charge in [-0.25, -0.2) is 4.90 Å². The average molecular weight is 389 g/mol. The molecule has 29 heavy (non-hydrogen) atoms. The van der Waals surface area contributed by atoms with Crippen LogP contribution in [0.5, 0.6) is 0 Å². The standard InChI is InChI=1S/C24H27N3O2/c1-19-9-11-21(12-10-19)27-23(28)18-22(24(27)29)26-16-14-25(15-17-26)13-5-8-20-6-3-2-4-7-20/h2-12,22H,13-18H2,1H3/b8-5+. The molecule has 0 saturated carbocycles. The van der Waals surface area contributed by atoms with Gasteiger partial charge in [0.1, 0.15) is 0 Å². The molecule has 5 heteroatoms. The Hall–Kier alpha value is -2.76. The van der Waals surface area contributed by atoms with E-state index in [-0.39, 0.29) is 24.3 Å². The first-order valence-electron chi connectivity index (χ1n) is 10.2. The molecular formula is C24H27N3O2. The molecule has 1 atom stereocenters. The van der Waals surface area contributed by atoms with E-state index in [4.69, 9.17) is 0 Å². The van der Waals surface area contributed by atoms with Gasteiger partial charge in [0.15, 0.2) is 0 Å². The number of piperazine rings is 1. The number of carbonyl (C=O) groups is 2. The van der Waals surface area contributed by atoms with Gasteiger partial charge in [0.05, 0.1) is 18.2 Å². The zero-order valence-electron chi connectivity index (χ0n) is 16.8. The van der Waals surface area contributed by atoms with Crippen molar-refractivity contribution in [3.63, 3.8) is 0 Å². The molecule has 0 radical (unpaired) electrons. The van der Waals surface area contributed by atoms with E-state index < -0.39 is 0 Å². The number of hydrogen-bond donors (Lipinski definition) is 0. The molecule has 2 saturated heterocycles. The predicted molar refractivity (Wildman–Crippen MR) is 116 cm³/mol. The summed E-state index contributed by atoms with van der Waals surface area (Å²) in [5.41, 5.74) is 3.00. The smallest absolute Gasteiger partial charge is 0.251 e. The molecule has 1 unspecified atom stereocenters. The number of rotatable bonds is 5. The van der Waals surface area contributed by atoms with Crippen molar-refractivity contribution < 1.29 is 9.59 Å². The molecule has 2 fully saturated rings. The SMILES string of the molecule is Cc1ccc(N2C(=O)CC(N3CCN(C/C=C/c4ccccc4)CC3)C2=O)cc1. The van der Waals surface area contributed by atoms with Crippen LogP contribution in [0.4, 0.5) is 5.69 Å². The lowest BCUT2D eigenvalue weighted by Gasteiger charge is -2.36. The van der Waals surface area contributed by atoms with E-state index in [0.29, 0.717) is 5.69 Å². The zero-order valence-corrected chi connectivity index (χ0v) is 16.8. The normalized spacial score (nSPS) is 21.4. The van der Waals surface area contributed by atoms with Crippen LogP contribution in [0.3, 0.4) is 0 Å². The number of carbonyl (C=O) groups excluding carboxylic acids is 2. The first-order chi connectivity index (χ1) is 14.1. The molecule has 2 aliphatic rings. The van der Waals surface area contributed by atoms with Gasteiger partial charge in [-0.15, -0.1) is 0 Å². The van der Waals surface area contributed by atoms with Crippen LogP contribution in [-0.2, 0) is 9.59 Å². The van der Waals surface area contributed by atoms with Gasteiger partial charge in [0.25, 0.3) is 5.91 Å². The maximum atomic E-state index is 12.9. The van der Waals surface area contributed by atoms with E-state index in [9.17, 15) is 9.59 Å². The van der Waals surface area contributed by atoms with Gasteiger partial charge in [-0.05, 0) is 24.6 Å². The van der Waals surface area contributed by atoms with Crippen molar-refractivity contribution in [3.05, 3.63) is 71.8 Å². The third-order valence-corrected chi connectivity index (χ3v) is 5.74. The first-order valence-corrected chi connectivity index (χ1v) is 10.2. The zero-order chi connectivity index (χ0) is 20.2. The minimum absolute atomic E-state index is 0.0868. The molecule has 2 aliphatic heterocycles. The Bertz CT molecular complexity index is 884.